The summed E-state index contributed by atoms with van der Waals surface area (Å²) in [7, 11) is 1.55. The first-order valence-electron chi connectivity index (χ1n) is 10.5. The molecule has 0 spiro atoms. The number of aromatic nitrogens is 1. The number of non-ortho nitro benzene ring substituents is 1. The molecule has 9 heteroatoms. The number of hydrogen-bond acceptors (Lipinski definition) is 5. The van der Waals surface area contributed by atoms with Crippen molar-refractivity contribution in [2.24, 2.45) is 0 Å². The van der Waals surface area contributed by atoms with Gasteiger partial charge in [-0.05, 0) is 75.0 Å². The number of hydrogen-bond donors (Lipinski definition) is 0. The zero-order chi connectivity index (χ0) is 24.7. The van der Waals surface area contributed by atoms with Gasteiger partial charge in [0.15, 0.2) is 5.11 Å². The van der Waals surface area contributed by atoms with Crippen LogP contribution >= 0.6 is 12.2 Å². The molecule has 172 valence electrons. The summed E-state index contributed by atoms with van der Waals surface area (Å²) in [6.07, 6.45) is 1.58. The van der Waals surface area contributed by atoms with Crippen LogP contribution in [0.5, 0.6) is 0 Å². The van der Waals surface area contributed by atoms with E-state index < -0.39 is 16.7 Å². The molecule has 0 atom stereocenters. The van der Waals surface area contributed by atoms with Crippen LogP contribution in [0.4, 0.5) is 11.4 Å². The molecule has 0 bridgehead atoms. The highest BCUT2D eigenvalue weighted by molar-refractivity contribution is 7.80. The standard InChI is InChI=1S/C25H22N4O4S/c1-15-5-7-20(8-6-15)28-24(31)22(23(30)26(4)25(28)34)14-18-13-16(2)27(17(18)3)19-9-11-21(12-10-19)29(32)33/h5-14H,1-4H3/b22-14+. The lowest BCUT2D eigenvalue weighted by Crippen LogP contribution is -2.54. The van der Waals surface area contributed by atoms with Gasteiger partial charge < -0.3 is 4.57 Å². The average molecular weight is 475 g/mol. The van der Waals surface area contributed by atoms with Crippen LogP contribution in [-0.4, -0.2) is 38.4 Å². The van der Waals surface area contributed by atoms with E-state index in [1.165, 1.54) is 21.9 Å². The van der Waals surface area contributed by atoms with E-state index in [9.17, 15) is 19.7 Å². The van der Waals surface area contributed by atoms with Crippen LogP contribution in [0.2, 0.25) is 0 Å². The van der Waals surface area contributed by atoms with E-state index in [-0.39, 0.29) is 16.4 Å². The number of carbonyl (C=O) groups excluding carboxylic acids is 2. The Morgan fingerprint density at radius 1 is 0.912 bits per heavy atom. The summed E-state index contributed by atoms with van der Waals surface area (Å²) in [4.78, 5) is 39.6. The second-order valence-corrected chi connectivity index (χ2v) is 8.48. The Bertz CT molecular complexity index is 1370. The summed E-state index contributed by atoms with van der Waals surface area (Å²) in [5.41, 5.74) is 4.71. The van der Waals surface area contributed by atoms with Crippen LogP contribution in [-0.2, 0) is 9.59 Å². The van der Waals surface area contributed by atoms with Gasteiger partial charge in [-0.3, -0.25) is 29.5 Å². The number of thiocarbonyl (C=S) groups is 1. The monoisotopic (exact) mass is 474 g/mol. The molecule has 2 heterocycles. The number of nitrogens with zero attached hydrogens (tertiary/aromatic N) is 4. The maximum absolute atomic E-state index is 13.4. The van der Waals surface area contributed by atoms with Gasteiger partial charge in [0, 0.05) is 36.3 Å². The summed E-state index contributed by atoms with van der Waals surface area (Å²) in [5.74, 6) is -0.962. The van der Waals surface area contributed by atoms with Crippen molar-refractivity contribution < 1.29 is 14.5 Å². The van der Waals surface area contributed by atoms with E-state index in [1.54, 1.807) is 37.4 Å². The number of nitro benzene ring substituents is 1. The minimum atomic E-state index is -0.489. The highest BCUT2D eigenvalue weighted by atomic mass is 32.1. The summed E-state index contributed by atoms with van der Waals surface area (Å²) < 4.78 is 1.92. The van der Waals surface area contributed by atoms with Gasteiger partial charge >= 0.3 is 0 Å². The Kier molecular flexibility index (Phi) is 5.89. The molecule has 3 aromatic rings. The number of benzene rings is 2. The van der Waals surface area contributed by atoms with Crippen molar-refractivity contribution in [2.45, 2.75) is 20.8 Å². The summed E-state index contributed by atoms with van der Waals surface area (Å²) in [5, 5.41) is 11.1. The highest BCUT2D eigenvalue weighted by Gasteiger charge is 2.38. The van der Waals surface area contributed by atoms with Crippen LogP contribution in [0.15, 0.2) is 60.2 Å². The third-order valence-corrected chi connectivity index (χ3v) is 6.28. The molecule has 0 radical (unpaired) electrons. The summed E-state index contributed by atoms with van der Waals surface area (Å²) >= 11 is 5.41. The van der Waals surface area contributed by atoms with Gasteiger partial charge in [-0.2, -0.15) is 0 Å². The Hall–Kier alpha value is -4.11. The van der Waals surface area contributed by atoms with Gasteiger partial charge in [-0.15, -0.1) is 0 Å². The Balaban J connectivity index is 1.77. The van der Waals surface area contributed by atoms with Crippen LogP contribution in [0.3, 0.4) is 0 Å². The van der Waals surface area contributed by atoms with Gasteiger partial charge in [0.25, 0.3) is 17.5 Å². The lowest BCUT2D eigenvalue weighted by atomic mass is 10.1. The zero-order valence-corrected chi connectivity index (χ0v) is 19.9. The third-order valence-electron chi connectivity index (χ3n) is 5.83. The van der Waals surface area contributed by atoms with E-state index in [4.69, 9.17) is 12.2 Å². The Morgan fingerprint density at radius 2 is 1.50 bits per heavy atom. The van der Waals surface area contributed by atoms with Crippen LogP contribution in [0.25, 0.3) is 11.8 Å². The van der Waals surface area contributed by atoms with Gasteiger partial charge in [-0.25, -0.2) is 0 Å². The number of amides is 2. The fourth-order valence-electron chi connectivity index (χ4n) is 3.97. The van der Waals surface area contributed by atoms with E-state index in [0.29, 0.717) is 11.3 Å². The average Bonchev–Trinajstić information content (AvgIpc) is 3.09. The minimum Gasteiger partial charge on any atom is -0.318 e. The topological polar surface area (TPSA) is 88.7 Å². The smallest absolute Gasteiger partial charge is 0.270 e. The molecule has 1 fully saturated rings. The minimum absolute atomic E-state index is 0.000578. The molecule has 1 aliphatic rings. The van der Waals surface area contributed by atoms with Crippen LogP contribution < -0.4 is 4.90 Å². The van der Waals surface area contributed by atoms with Crippen molar-refractivity contribution in [3.63, 3.8) is 0 Å². The van der Waals surface area contributed by atoms with Crippen LogP contribution in [0.1, 0.15) is 22.5 Å². The third kappa shape index (κ3) is 3.90. The van der Waals surface area contributed by atoms with Crippen molar-refractivity contribution in [1.29, 1.82) is 0 Å². The zero-order valence-electron chi connectivity index (χ0n) is 19.1. The normalized spacial score (nSPS) is 15.4. The number of carbonyl (C=O) groups is 2. The van der Waals surface area contributed by atoms with E-state index in [2.05, 4.69) is 0 Å². The van der Waals surface area contributed by atoms with Crippen molar-refractivity contribution >= 4 is 46.6 Å². The number of likely N-dealkylation sites (N-methyl/N-ethyl adjacent to an activating group) is 1. The van der Waals surface area contributed by atoms with E-state index in [1.807, 2.05) is 43.5 Å². The molecular formula is C25H22N4O4S. The first-order chi connectivity index (χ1) is 16.1. The predicted molar refractivity (Wildman–Crippen MR) is 134 cm³/mol. The van der Waals surface area contributed by atoms with Gasteiger partial charge in [-0.1, -0.05) is 17.7 Å². The number of anilines is 1. The fourth-order valence-corrected chi connectivity index (χ4v) is 4.24. The number of rotatable bonds is 4. The maximum atomic E-state index is 13.4. The molecule has 4 rings (SSSR count). The number of aryl methyl sites for hydroxylation is 2. The maximum Gasteiger partial charge on any atom is 0.270 e. The van der Waals surface area contributed by atoms with Crippen molar-refractivity contribution in [1.82, 2.24) is 9.47 Å². The van der Waals surface area contributed by atoms with Crippen molar-refractivity contribution in [2.75, 3.05) is 11.9 Å². The Morgan fingerprint density at radius 3 is 2.09 bits per heavy atom. The Labute approximate surface area is 201 Å². The predicted octanol–water partition coefficient (Wildman–Crippen LogP) is 4.48. The molecule has 1 saturated heterocycles. The first kappa shape index (κ1) is 23.1. The second-order valence-electron chi connectivity index (χ2n) is 8.12. The molecule has 34 heavy (non-hydrogen) atoms. The molecule has 1 aliphatic heterocycles. The lowest BCUT2D eigenvalue weighted by molar-refractivity contribution is -0.384. The molecule has 8 nitrogen and oxygen atoms in total. The molecule has 1 aromatic heterocycles. The fraction of sp³-hybridized carbons (Fsp3) is 0.160. The van der Waals surface area contributed by atoms with E-state index >= 15 is 0 Å². The molecule has 0 unspecified atom stereocenters. The number of nitro groups is 1. The first-order valence-corrected chi connectivity index (χ1v) is 10.9. The summed E-state index contributed by atoms with van der Waals surface area (Å²) in [6, 6.07) is 15.4. The quantitative estimate of drug-likeness (QED) is 0.183. The second kappa shape index (κ2) is 8.68. The van der Waals surface area contributed by atoms with Gasteiger partial charge in [0.05, 0.1) is 10.6 Å². The molecule has 0 saturated carbocycles. The molecule has 0 N–H and O–H groups in total. The molecule has 0 aliphatic carbocycles. The largest absolute Gasteiger partial charge is 0.318 e. The molecular weight excluding hydrogens is 452 g/mol. The van der Waals surface area contributed by atoms with E-state index in [0.717, 1.165) is 22.6 Å². The van der Waals surface area contributed by atoms with Crippen molar-refractivity contribution in [3.05, 3.63) is 92.8 Å². The SMILES string of the molecule is Cc1ccc(N2C(=O)/C(=C/c3cc(C)n(-c4ccc([N+](=O)[O-])cc4)c3C)C(=O)N(C)C2=S)cc1. The van der Waals surface area contributed by atoms with Gasteiger partial charge in [0.1, 0.15) is 5.57 Å². The van der Waals surface area contributed by atoms with Crippen molar-refractivity contribution in [3.8, 4) is 5.69 Å². The molecule has 2 amide bonds. The molecule has 2 aromatic carbocycles. The lowest BCUT2D eigenvalue weighted by Gasteiger charge is -2.34. The summed E-state index contributed by atoms with van der Waals surface area (Å²) in [6.45, 7) is 5.70. The van der Waals surface area contributed by atoms with Gasteiger partial charge in [0.2, 0.25) is 0 Å². The highest BCUT2D eigenvalue weighted by Crippen LogP contribution is 2.28. The van der Waals surface area contributed by atoms with Crippen LogP contribution in [0, 0.1) is 30.9 Å².